The van der Waals surface area contributed by atoms with Crippen LogP contribution >= 0.6 is 12.2 Å². The molecule has 0 spiro atoms. The summed E-state index contributed by atoms with van der Waals surface area (Å²) in [6.07, 6.45) is 7.98. The standard InChI is InChI=1S/C20H33BN4O2S/c1-13(20(28)24-11-9-15(21)12-24)23-18(26)16-8-5-10-25(16)19(27)17(22)14-6-3-2-4-7-14/h13-17H,2-12,22H2,1H3,(H,23,26)/t13-,15+,16-,17-/m0/s1. The van der Waals surface area contributed by atoms with Crippen molar-refractivity contribution in [2.24, 2.45) is 11.7 Å². The molecule has 2 heterocycles. The molecule has 3 aliphatic rings. The van der Waals surface area contributed by atoms with Crippen LogP contribution in [0.25, 0.3) is 0 Å². The van der Waals surface area contributed by atoms with E-state index < -0.39 is 12.1 Å². The molecular weight excluding hydrogens is 371 g/mol. The first-order valence-corrected chi connectivity index (χ1v) is 11.2. The van der Waals surface area contributed by atoms with E-state index in [4.69, 9.17) is 25.8 Å². The van der Waals surface area contributed by atoms with E-state index in [1.165, 1.54) is 6.42 Å². The molecule has 154 valence electrons. The highest BCUT2D eigenvalue weighted by molar-refractivity contribution is 7.80. The van der Waals surface area contributed by atoms with Gasteiger partial charge in [-0.1, -0.05) is 37.3 Å². The molecule has 3 rings (SSSR count). The first kappa shape index (κ1) is 21.6. The van der Waals surface area contributed by atoms with Crippen molar-refractivity contribution in [1.29, 1.82) is 0 Å². The predicted molar refractivity (Wildman–Crippen MR) is 115 cm³/mol. The van der Waals surface area contributed by atoms with Crippen molar-refractivity contribution < 1.29 is 9.59 Å². The lowest BCUT2D eigenvalue weighted by atomic mass is 9.83. The van der Waals surface area contributed by atoms with E-state index >= 15 is 0 Å². The molecular formula is C20H33BN4O2S. The quantitative estimate of drug-likeness (QED) is 0.535. The first-order valence-electron chi connectivity index (χ1n) is 10.8. The smallest absolute Gasteiger partial charge is 0.243 e. The minimum Gasteiger partial charge on any atom is -0.365 e. The Morgan fingerprint density at radius 3 is 2.46 bits per heavy atom. The second kappa shape index (κ2) is 9.57. The number of hydrogen-bond donors (Lipinski definition) is 2. The van der Waals surface area contributed by atoms with Crippen LogP contribution in [0.3, 0.4) is 0 Å². The van der Waals surface area contributed by atoms with Gasteiger partial charge in [0, 0.05) is 19.6 Å². The zero-order valence-corrected chi connectivity index (χ0v) is 17.8. The lowest BCUT2D eigenvalue weighted by Crippen LogP contribution is -2.55. The summed E-state index contributed by atoms with van der Waals surface area (Å²) >= 11 is 5.55. The largest absolute Gasteiger partial charge is 0.365 e. The van der Waals surface area contributed by atoms with E-state index in [0.717, 1.165) is 56.6 Å². The van der Waals surface area contributed by atoms with Gasteiger partial charge in [-0.15, -0.1) is 0 Å². The molecule has 2 amide bonds. The molecule has 2 radical (unpaired) electrons. The molecule has 0 aromatic carbocycles. The topological polar surface area (TPSA) is 78.7 Å². The van der Waals surface area contributed by atoms with Gasteiger partial charge < -0.3 is 20.9 Å². The maximum Gasteiger partial charge on any atom is 0.243 e. The van der Waals surface area contributed by atoms with Crippen LogP contribution in [0.2, 0.25) is 5.82 Å². The summed E-state index contributed by atoms with van der Waals surface area (Å²) in [5.41, 5.74) is 6.32. The molecule has 6 nitrogen and oxygen atoms in total. The lowest BCUT2D eigenvalue weighted by molar-refractivity contribution is -0.140. The monoisotopic (exact) mass is 404 g/mol. The van der Waals surface area contributed by atoms with Crippen molar-refractivity contribution in [3.05, 3.63) is 0 Å². The van der Waals surface area contributed by atoms with Gasteiger partial charge in [-0.05, 0) is 44.9 Å². The third-order valence-corrected chi connectivity index (χ3v) is 7.16. The van der Waals surface area contributed by atoms with Gasteiger partial charge in [0.1, 0.15) is 11.0 Å². The Labute approximate surface area is 175 Å². The maximum atomic E-state index is 13.0. The van der Waals surface area contributed by atoms with Crippen LogP contribution in [0.1, 0.15) is 58.3 Å². The van der Waals surface area contributed by atoms with E-state index in [1.54, 1.807) is 4.90 Å². The van der Waals surface area contributed by atoms with Gasteiger partial charge in [-0.3, -0.25) is 9.59 Å². The molecule has 1 saturated carbocycles. The van der Waals surface area contributed by atoms with Crippen molar-refractivity contribution >= 4 is 36.9 Å². The van der Waals surface area contributed by atoms with Gasteiger partial charge in [0.15, 0.2) is 0 Å². The first-order chi connectivity index (χ1) is 13.4. The average Bonchev–Trinajstić information content (AvgIpc) is 3.36. The Morgan fingerprint density at radius 1 is 1.11 bits per heavy atom. The molecule has 2 saturated heterocycles. The fourth-order valence-corrected chi connectivity index (χ4v) is 5.05. The number of thiocarbonyl (C=S) groups is 1. The summed E-state index contributed by atoms with van der Waals surface area (Å²) in [6, 6.07) is -1.18. The zero-order chi connectivity index (χ0) is 20.3. The normalized spacial score (nSPS) is 28.2. The number of hydrogen-bond acceptors (Lipinski definition) is 4. The number of nitrogens with zero attached hydrogens (tertiary/aromatic N) is 2. The molecule has 8 heteroatoms. The molecule has 0 aromatic heterocycles. The van der Waals surface area contributed by atoms with Gasteiger partial charge >= 0.3 is 0 Å². The Kier molecular flexibility index (Phi) is 7.37. The number of likely N-dealkylation sites (tertiary alicyclic amines) is 2. The zero-order valence-electron chi connectivity index (χ0n) is 16.9. The van der Waals surface area contributed by atoms with E-state index in [1.807, 2.05) is 6.92 Å². The van der Waals surface area contributed by atoms with Crippen LogP contribution in [-0.4, -0.2) is 72.2 Å². The summed E-state index contributed by atoms with van der Waals surface area (Å²) in [6.45, 7) is 4.09. The Hall–Kier alpha value is -1.15. The average molecular weight is 404 g/mol. The summed E-state index contributed by atoms with van der Waals surface area (Å²) in [5.74, 6) is 0.201. The summed E-state index contributed by atoms with van der Waals surface area (Å²) in [5, 5.41) is 3.02. The highest BCUT2D eigenvalue weighted by atomic mass is 32.1. The molecule has 0 bridgehead atoms. The van der Waals surface area contributed by atoms with Crippen LogP contribution in [0, 0.1) is 5.92 Å². The Morgan fingerprint density at radius 2 is 1.82 bits per heavy atom. The maximum absolute atomic E-state index is 13.0. The number of nitrogens with two attached hydrogens (primary N) is 1. The van der Waals surface area contributed by atoms with Gasteiger partial charge in [-0.2, -0.15) is 0 Å². The Balaban J connectivity index is 1.56. The van der Waals surface area contributed by atoms with Crippen molar-refractivity contribution in [3.8, 4) is 0 Å². The van der Waals surface area contributed by atoms with Crippen molar-refractivity contribution in [2.75, 3.05) is 19.6 Å². The van der Waals surface area contributed by atoms with Crippen LogP contribution in [0.5, 0.6) is 0 Å². The summed E-state index contributed by atoms with van der Waals surface area (Å²) in [4.78, 5) is 30.4. The molecule has 3 N–H and O–H groups in total. The second-order valence-electron chi connectivity index (χ2n) is 8.68. The van der Waals surface area contributed by atoms with Crippen LogP contribution in [0.15, 0.2) is 0 Å². The highest BCUT2D eigenvalue weighted by Gasteiger charge is 2.39. The van der Waals surface area contributed by atoms with Gasteiger partial charge in [-0.25, -0.2) is 0 Å². The molecule has 4 atom stereocenters. The molecule has 3 fully saturated rings. The Bertz CT molecular complexity index is 599. The van der Waals surface area contributed by atoms with E-state index in [0.29, 0.717) is 13.0 Å². The van der Waals surface area contributed by atoms with Gasteiger partial charge in [0.05, 0.1) is 19.9 Å². The minimum absolute atomic E-state index is 0.0645. The van der Waals surface area contributed by atoms with E-state index in [2.05, 4.69) is 10.2 Å². The van der Waals surface area contributed by atoms with E-state index in [-0.39, 0.29) is 29.6 Å². The molecule has 0 unspecified atom stereocenters. The van der Waals surface area contributed by atoms with Crippen molar-refractivity contribution in [2.45, 2.75) is 82.2 Å². The van der Waals surface area contributed by atoms with Gasteiger partial charge in [0.2, 0.25) is 11.8 Å². The highest BCUT2D eigenvalue weighted by Crippen LogP contribution is 2.28. The van der Waals surface area contributed by atoms with Crippen LogP contribution in [-0.2, 0) is 9.59 Å². The number of carbonyl (C=O) groups excluding carboxylic acids is 2. The molecule has 2 aliphatic heterocycles. The number of rotatable bonds is 5. The number of carbonyl (C=O) groups is 2. The fraction of sp³-hybridized carbons (Fsp3) is 0.850. The molecule has 1 aliphatic carbocycles. The number of nitrogens with one attached hydrogen (secondary N) is 1. The van der Waals surface area contributed by atoms with Crippen molar-refractivity contribution in [3.63, 3.8) is 0 Å². The number of amides is 2. The summed E-state index contributed by atoms with van der Waals surface area (Å²) in [7, 11) is 5.96. The third kappa shape index (κ3) is 4.88. The fourth-order valence-electron chi connectivity index (χ4n) is 4.82. The van der Waals surface area contributed by atoms with E-state index in [9.17, 15) is 9.59 Å². The predicted octanol–water partition coefficient (Wildman–Crippen LogP) is 1.38. The lowest BCUT2D eigenvalue weighted by Gasteiger charge is -2.33. The minimum atomic E-state index is -0.488. The molecule has 28 heavy (non-hydrogen) atoms. The second-order valence-corrected chi connectivity index (χ2v) is 9.10. The summed E-state index contributed by atoms with van der Waals surface area (Å²) < 4.78 is 0. The van der Waals surface area contributed by atoms with Crippen LogP contribution < -0.4 is 11.1 Å². The van der Waals surface area contributed by atoms with Crippen LogP contribution in [0.4, 0.5) is 0 Å². The van der Waals surface area contributed by atoms with Gasteiger partial charge in [0.25, 0.3) is 0 Å². The van der Waals surface area contributed by atoms with Crippen molar-refractivity contribution in [1.82, 2.24) is 15.1 Å². The third-order valence-electron chi connectivity index (χ3n) is 6.55. The molecule has 0 aromatic rings. The SMILES string of the molecule is [B][C@@H]1CCN(C(=S)[C@H](C)NC(=O)[C@@H]2CCCN2C(=O)[C@@H](N)C2CCCCC2)C1.